The molecule has 120 valence electrons. The van der Waals surface area contributed by atoms with Gasteiger partial charge in [-0.2, -0.15) is 0 Å². The molecule has 1 N–H and O–H groups in total. The predicted octanol–water partition coefficient (Wildman–Crippen LogP) is 3.36. The van der Waals surface area contributed by atoms with Crippen molar-refractivity contribution >= 4 is 11.6 Å². The summed E-state index contributed by atoms with van der Waals surface area (Å²) < 4.78 is 18.5. The molecule has 0 aliphatic heterocycles. The van der Waals surface area contributed by atoms with Gasteiger partial charge in [0.25, 0.3) is 5.91 Å². The quantitative estimate of drug-likeness (QED) is 0.796. The number of anilines is 1. The van der Waals surface area contributed by atoms with Crippen molar-refractivity contribution in [3.05, 3.63) is 72.2 Å². The summed E-state index contributed by atoms with van der Waals surface area (Å²) in [5, 5.41) is 2.66. The Morgan fingerprint density at radius 3 is 2.62 bits per heavy atom. The first-order chi connectivity index (χ1) is 11.6. The number of carbonyl (C=O) groups is 1. The van der Waals surface area contributed by atoms with Gasteiger partial charge in [-0.3, -0.25) is 9.78 Å². The van der Waals surface area contributed by atoms with Gasteiger partial charge in [0.15, 0.2) is 0 Å². The molecule has 2 heterocycles. The normalized spacial score (nSPS) is 10.2. The Morgan fingerprint density at radius 2 is 1.96 bits per heavy atom. The molecule has 1 amide bonds. The summed E-state index contributed by atoms with van der Waals surface area (Å²) in [6.07, 6.45) is 4.36. The molecule has 0 saturated carbocycles. The van der Waals surface area contributed by atoms with Crippen LogP contribution in [0.15, 0.2) is 55.0 Å². The van der Waals surface area contributed by atoms with Crippen LogP contribution in [-0.2, 0) is 0 Å². The van der Waals surface area contributed by atoms with Crippen LogP contribution in [0, 0.1) is 12.7 Å². The van der Waals surface area contributed by atoms with E-state index in [1.807, 2.05) is 0 Å². The van der Waals surface area contributed by atoms with Crippen molar-refractivity contribution in [1.29, 1.82) is 0 Å². The van der Waals surface area contributed by atoms with E-state index >= 15 is 0 Å². The van der Waals surface area contributed by atoms with E-state index in [-0.39, 0.29) is 17.5 Å². The third-order valence-electron chi connectivity index (χ3n) is 3.03. The third-order valence-corrected chi connectivity index (χ3v) is 3.03. The van der Waals surface area contributed by atoms with Crippen LogP contribution < -0.4 is 10.1 Å². The largest absolute Gasteiger partial charge is 0.439 e. The zero-order valence-electron chi connectivity index (χ0n) is 12.7. The highest BCUT2D eigenvalue weighted by Crippen LogP contribution is 2.21. The molecule has 0 fully saturated rings. The zero-order valence-corrected chi connectivity index (χ0v) is 12.7. The maximum atomic E-state index is 13.1. The van der Waals surface area contributed by atoms with E-state index in [9.17, 15) is 9.18 Å². The minimum Gasteiger partial charge on any atom is -0.439 e. The fourth-order valence-electron chi connectivity index (χ4n) is 1.87. The molecule has 6 nitrogen and oxygen atoms in total. The van der Waals surface area contributed by atoms with E-state index < -0.39 is 5.82 Å². The SMILES string of the molecule is Cc1cnc(C(=O)Nc2ccc(Oc3cccc(F)c3)nc2)cn1. The standard InChI is InChI=1S/C17H13FN4O2/c1-11-8-20-15(10-19-11)17(23)22-13-5-6-16(21-9-13)24-14-4-2-3-12(18)7-14/h2-10H,1H3,(H,22,23). The van der Waals surface area contributed by atoms with Crippen molar-refractivity contribution < 1.29 is 13.9 Å². The highest BCUT2D eigenvalue weighted by atomic mass is 19.1. The minimum absolute atomic E-state index is 0.209. The summed E-state index contributed by atoms with van der Waals surface area (Å²) in [5.41, 5.74) is 1.42. The lowest BCUT2D eigenvalue weighted by Crippen LogP contribution is -2.14. The van der Waals surface area contributed by atoms with E-state index in [0.717, 1.165) is 5.69 Å². The van der Waals surface area contributed by atoms with Crippen molar-refractivity contribution in [3.8, 4) is 11.6 Å². The average Bonchev–Trinajstić information content (AvgIpc) is 2.57. The van der Waals surface area contributed by atoms with Crippen LogP contribution in [0.25, 0.3) is 0 Å². The van der Waals surface area contributed by atoms with E-state index in [1.54, 1.807) is 31.2 Å². The fraction of sp³-hybridized carbons (Fsp3) is 0.0588. The molecule has 0 saturated heterocycles. The third kappa shape index (κ3) is 3.89. The van der Waals surface area contributed by atoms with Crippen LogP contribution in [0.4, 0.5) is 10.1 Å². The molecule has 24 heavy (non-hydrogen) atoms. The summed E-state index contributed by atoms with van der Waals surface area (Å²) in [4.78, 5) is 24.1. The number of nitrogens with one attached hydrogen (secondary N) is 1. The van der Waals surface area contributed by atoms with E-state index in [2.05, 4.69) is 20.3 Å². The number of aryl methyl sites for hydroxylation is 1. The lowest BCUT2D eigenvalue weighted by molar-refractivity contribution is 0.102. The Labute approximate surface area is 137 Å². The second kappa shape index (κ2) is 6.82. The van der Waals surface area contributed by atoms with E-state index in [4.69, 9.17) is 4.74 Å². The number of pyridine rings is 1. The second-order valence-electron chi connectivity index (χ2n) is 4.94. The number of aromatic nitrogens is 3. The Morgan fingerprint density at radius 1 is 1.08 bits per heavy atom. The molecular weight excluding hydrogens is 311 g/mol. The molecule has 3 aromatic rings. The van der Waals surface area contributed by atoms with Crippen LogP contribution in [0.2, 0.25) is 0 Å². The number of hydrogen-bond donors (Lipinski definition) is 1. The summed E-state index contributed by atoms with van der Waals surface area (Å²) in [5.74, 6) is -0.151. The molecular formula is C17H13FN4O2. The van der Waals surface area contributed by atoms with Crippen molar-refractivity contribution in [2.24, 2.45) is 0 Å². The van der Waals surface area contributed by atoms with Gasteiger partial charge in [-0.1, -0.05) is 6.07 Å². The molecule has 0 spiro atoms. The monoisotopic (exact) mass is 324 g/mol. The average molecular weight is 324 g/mol. The molecule has 1 aromatic carbocycles. The Hall–Kier alpha value is -3.35. The van der Waals surface area contributed by atoms with Gasteiger partial charge in [0.1, 0.15) is 17.3 Å². The molecule has 0 atom stereocenters. The molecule has 7 heteroatoms. The van der Waals surface area contributed by atoms with Crippen molar-refractivity contribution in [2.75, 3.05) is 5.32 Å². The number of halogens is 1. The zero-order chi connectivity index (χ0) is 16.9. The van der Waals surface area contributed by atoms with Crippen molar-refractivity contribution in [1.82, 2.24) is 15.0 Å². The smallest absolute Gasteiger partial charge is 0.275 e. The number of rotatable bonds is 4. The number of hydrogen-bond acceptors (Lipinski definition) is 5. The van der Waals surface area contributed by atoms with Gasteiger partial charge in [0.05, 0.1) is 23.8 Å². The van der Waals surface area contributed by atoms with Gasteiger partial charge in [-0.05, 0) is 25.1 Å². The van der Waals surface area contributed by atoms with Crippen LogP contribution in [-0.4, -0.2) is 20.9 Å². The Bertz CT molecular complexity index is 851. The van der Waals surface area contributed by atoms with Crippen molar-refractivity contribution in [2.45, 2.75) is 6.92 Å². The lowest BCUT2D eigenvalue weighted by atomic mass is 10.3. The molecule has 0 aliphatic carbocycles. The fourth-order valence-corrected chi connectivity index (χ4v) is 1.87. The number of carbonyl (C=O) groups excluding carboxylic acids is 1. The summed E-state index contributed by atoms with van der Waals surface area (Å²) in [6, 6.07) is 8.95. The van der Waals surface area contributed by atoms with E-state index in [0.29, 0.717) is 11.4 Å². The number of benzene rings is 1. The maximum absolute atomic E-state index is 13.1. The topological polar surface area (TPSA) is 77.0 Å². The molecule has 0 bridgehead atoms. The Kier molecular flexibility index (Phi) is 4.42. The van der Waals surface area contributed by atoms with Gasteiger partial charge >= 0.3 is 0 Å². The first kappa shape index (κ1) is 15.5. The summed E-state index contributed by atoms with van der Waals surface area (Å²) in [7, 11) is 0. The highest BCUT2D eigenvalue weighted by Gasteiger charge is 2.08. The van der Waals surface area contributed by atoms with Crippen LogP contribution >= 0.6 is 0 Å². The van der Waals surface area contributed by atoms with E-state index in [1.165, 1.54) is 30.7 Å². The first-order valence-corrected chi connectivity index (χ1v) is 7.09. The molecule has 0 aliphatic rings. The van der Waals surface area contributed by atoms with Gasteiger partial charge in [-0.15, -0.1) is 0 Å². The van der Waals surface area contributed by atoms with Gasteiger partial charge in [0, 0.05) is 18.3 Å². The molecule has 0 unspecified atom stereocenters. The van der Waals surface area contributed by atoms with Gasteiger partial charge in [-0.25, -0.2) is 14.4 Å². The second-order valence-corrected chi connectivity index (χ2v) is 4.94. The maximum Gasteiger partial charge on any atom is 0.275 e. The number of ether oxygens (including phenoxy) is 1. The first-order valence-electron chi connectivity index (χ1n) is 7.09. The summed E-state index contributed by atoms with van der Waals surface area (Å²) >= 11 is 0. The minimum atomic E-state index is -0.393. The Balaban J connectivity index is 1.66. The van der Waals surface area contributed by atoms with Crippen LogP contribution in [0.3, 0.4) is 0 Å². The van der Waals surface area contributed by atoms with Crippen molar-refractivity contribution in [3.63, 3.8) is 0 Å². The molecule has 2 aromatic heterocycles. The van der Waals surface area contributed by atoms with Crippen LogP contribution in [0.5, 0.6) is 11.6 Å². The number of amides is 1. The van der Waals surface area contributed by atoms with Gasteiger partial charge in [0.2, 0.25) is 5.88 Å². The highest BCUT2D eigenvalue weighted by molar-refractivity contribution is 6.02. The number of nitrogens with zero attached hydrogens (tertiary/aromatic N) is 3. The molecule has 3 rings (SSSR count). The summed E-state index contributed by atoms with van der Waals surface area (Å²) in [6.45, 7) is 1.79. The van der Waals surface area contributed by atoms with Gasteiger partial charge < -0.3 is 10.1 Å². The predicted molar refractivity (Wildman–Crippen MR) is 85.4 cm³/mol. The van der Waals surface area contributed by atoms with Crippen LogP contribution in [0.1, 0.15) is 16.2 Å². The molecule has 0 radical (unpaired) electrons. The lowest BCUT2D eigenvalue weighted by Gasteiger charge is -2.07.